The highest BCUT2D eigenvalue weighted by Crippen LogP contribution is 2.27. The topological polar surface area (TPSA) is 110 Å². The van der Waals surface area contributed by atoms with Crippen LogP contribution in [-0.4, -0.2) is 48.6 Å². The normalized spacial score (nSPS) is 14.4. The van der Waals surface area contributed by atoms with Crippen LogP contribution >= 0.6 is 0 Å². The van der Waals surface area contributed by atoms with E-state index in [1.807, 2.05) is 28.8 Å². The summed E-state index contributed by atoms with van der Waals surface area (Å²) in [4.78, 5) is 37.3. The van der Waals surface area contributed by atoms with Crippen molar-refractivity contribution in [2.45, 2.75) is 12.5 Å². The molecule has 1 N–H and O–H groups in total. The van der Waals surface area contributed by atoms with E-state index in [2.05, 4.69) is 20.1 Å². The second-order valence-electron chi connectivity index (χ2n) is 6.73. The fraction of sp³-hybridized carbons (Fsp3) is 0.211. The van der Waals surface area contributed by atoms with E-state index >= 15 is 0 Å². The summed E-state index contributed by atoms with van der Waals surface area (Å²) in [6, 6.07) is 11.1. The van der Waals surface area contributed by atoms with Crippen LogP contribution in [0.5, 0.6) is 0 Å². The van der Waals surface area contributed by atoms with Crippen molar-refractivity contribution in [1.82, 2.24) is 29.6 Å². The Bertz CT molecular complexity index is 1220. The van der Waals surface area contributed by atoms with E-state index in [1.54, 1.807) is 29.6 Å². The summed E-state index contributed by atoms with van der Waals surface area (Å²) in [5.41, 5.74) is 1.89. The van der Waals surface area contributed by atoms with E-state index in [1.165, 1.54) is 0 Å². The molecule has 1 aromatic carbocycles. The number of para-hydroxylation sites is 2. The molecule has 0 unspecified atom stereocenters. The van der Waals surface area contributed by atoms with Crippen LogP contribution in [0.25, 0.3) is 22.4 Å². The van der Waals surface area contributed by atoms with Gasteiger partial charge in [-0.15, -0.1) is 0 Å². The van der Waals surface area contributed by atoms with Crippen molar-refractivity contribution in [3.8, 4) is 11.4 Å². The van der Waals surface area contributed by atoms with E-state index in [-0.39, 0.29) is 29.8 Å². The standard InChI is InChI=1S/C19H16N6O3/c26-16(10-25-11-21-14-5-1-2-6-15(14)25)24-8-12(9-24)19-22-17(23-28-19)13-4-3-7-20-18(13)27/h1-7,11-12H,8-10H2,(H,20,27). The summed E-state index contributed by atoms with van der Waals surface area (Å²) in [5, 5.41) is 3.89. The predicted octanol–water partition coefficient (Wildman–Crippen LogP) is 1.40. The summed E-state index contributed by atoms with van der Waals surface area (Å²) in [6.45, 7) is 1.26. The summed E-state index contributed by atoms with van der Waals surface area (Å²) >= 11 is 0. The van der Waals surface area contributed by atoms with Gasteiger partial charge in [0.25, 0.3) is 5.56 Å². The number of imidazole rings is 1. The molecule has 9 heteroatoms. The first-order chi connectivity index (χ1) is 13.7. The molecule has 1 aliphatic rings. The molecule has 140 valence electrons. The van der Waals surface area contributed by atoms with Crippen LogP contribution in [0.4, 0.5) is 0 Å². The lowest BCUT2D eigenvalue weighted by Crippen LogP contribution is -2.49. The number of fused-ring (bicyclic) bond motifs is 1. The van der Waals surface area contributed by atoms with Crippen molar-refractivity contribution < 1.29 is 9.32 Å². The minimum absolute atomic E-state index is 0.0126. The fourth-order valence-electron chi connectivity index (χ4n) is 3.33. The third kappa shape index (κ3) is 2.77. The number of amides is 1. The number of hydrogen-bond acceptors (Lipinski definition) is 6. The van der Waals surface area contributed by atoms with Gasteiger partial charge in [0.05, 0.1) is 28.8 Å². The van der Waals surface area contributed by atoms with Gasteiger partial charge in [-0.25, -0.2) is 4.98 Å². The minimum atomic E-state index is -0.271. The molecule has 1 aliphatic heterocycles. The van der Waals surface area contributed by atoms with Crippen molar-refractivity contribution in [2.24, 2.45) is 0 Å². The minimum Gasteiger partial charge on any atom is -0.339 e. The second-order valence-corrected chi connectivity index (χ2v) is 6.73. The molecule has 1 amide bonds. The lowest BCUT2D eigenvalue weighted by atomic mass is 10.00. The molecule has 1 fully saturated rings. The van der Waals surface area contributed by atoms with Crippen molar-refractivity contribution in [3.63, 3.8) is 0 Å². The number of benzene rings is 1. The zero-order valence-electron chi connectivity index (χ0n) is 14.8. The zero-order chi connectivity index (χ0) is 19.1. The number of hydrogen-bond donors (Lipinski definition) is 1. The molecule has 5 rings (SSSR count). The van der Waals surface area contributed by atoms with Gasteiger partial charge in [0, 0.05) is 19.3 Å². The van der Waals surface area contributed by atoms with Crippen LogP contribution in [0, 0.1) is 0 Å². The average Bonchev–Trinajstić information content (AvgIpc) is 3.29. The molecule has 3 aromatic heterocycles. The summed E-state index contributed by atoms with van der Waals surface area (Å²) in [7, 11) is 0. The maximum absolute atomic E-state index is 12.5. The molecular formula is C19H16N6O3. The van der Waals surface area contributed by atoms with E-state index in [0.29, 0.717) is 24.5 Å². The number of nitrogens with one attached hydrogen (secondary N) is 1. The largest absolute Gasteiger partial charge is 0.339 e. The van der Waals surface area contributed by atoms with Crippen LogP contribution < -0.4 is 5.56 Å². The zero-order valence-corrected chi connectivity index (χ0v) is 14.8. The lowest BCUT2D eigenvalue weighted by Gasteiger charge is -2.37. The van der Waals surface area contributed by atoms with Gasteiger partial charge >= 0.3 is 0 Å². The van der Waals surface area contributed by atoms with Gasteiger partial charge in [0.15, 0.2) is 0 Å². The molecule has 0 atom stereocenters. The first-order valence-electron chi connectivity index (χ1n) is 8.88. The van der Waals surface area contributed by atoms with Crippen LogP contribution in [0.3, 0.4) is 0 Å². The van der Waals surface area contributed by atoms with Gasteiger partial charge in [0.1, 0.15) is 6.54 Å². The number of pyridine rings is 1. The van der Waals surface area contributed by atoms with Crippen molar-refractivity contribution in [3.05, 3.63) is 65.2 Å². The first kappa shape index (κ1) is 16.4. The second kappa shape index (κ2) is 6.45. The van der Waals surface area contributed by atoms with Crippen LogP contribution in [0.2, 0.25) is 0 Å². The Morgan fingerprint density at radius 1 is 1.21 bits per heavy atom. The molecule has 0 spiro atoms. The van der Waals surface area contributed by atoms with Crippen LogP contribution in [0.1, 0.15) is 11.8 Å². The first-order valence-corrected chi connectivity index (χ1v) is 8.88. The SMILES string of the molecule is O=C(Cn1cnc2ccccc21)N1CC(c2nc(-c3ccc[nH]c3=O)no2)C1. The molecule has 4 aromatic rings. The lowest BCUT2D eigenvalue weighted by molar-refractivity contribution is -0.136. The van der Waals surface area contributed by atoms with Crippen molar-refractivity contribution >= 4 is 16.9 Å². The highest BCUT2D eigenvalue weighted by atomic mass is 16.5. The molecule has 0 radical (unpaired) electrons. The van der Waals surface area contributed by atoms with Gasteiger partial charge in [-0.3, -0.25) is 9.59 Å². The fourth-order valence-corrected chi connectivity index (χ4v) is 3.33. The third-order valence-corrected chi connectivity index (χ3v) is 4.92. The number of aromatic nitrogens is 5. The van der Waals surface area contributed by atoms with E-state index in [9.17, 15) is 9.59 Å². The average molecular weight is 376 g/mol. The molecule has 28 heavy (non-hydrogen) atoms. The number of likely N-dealkylation sites (tertiary alicyclic amines) is 1. The Morgan fingerprint density at radius 2 is 2.07 bits per heavy atom. The summed E-state index contributed by atoms with van der Waals surface area (Å²) in [6.07, 6.45) is 3.23. The molecule has 0 bridgehead atoms. The highest BCUT2D eigenvalue weighted by molar-refractivity contribution is 5.81. The Kier molecular flexibility index (Phi) is 3.78. The Labute approximate surface area is 158 Å². The number of H-pyrrole nitrogens is 1. The summed E-state index contributed by atoms with van der Waals surface area (Å²) in [5.74, 6) is 0.688. The number of aromatic amines is 1. The van der Waals surface area contributed by atoms with Gasteiger partial charge < -0.3 is 19.0 Å². The number of carbonyl (C=O) groups excluding carboxylic acids is 1. The van der Waals surface area contributed by atoms with E-state index in [0.717, 1.165) is 11.0 Å². The van der Waals surface area contributed by atoms with Crippen molar-refractivity contribution in [1.29, 1.82) is 0 Å². The third-order valence-electron chi connectivity index (χ3n) is 4.92. The van der Waals surface area contributed by atoms with Crippen LogP contribution in [-0.2, 0) is 11.3 Å². The Hall–Kier alpha value is -3.75. The molecular weight excluding hydrogens is 360 g/mol. The van der Waals surface area contributed by atoms with E-state index in [4.69, 9.17) is 4.52 Å². The van der Waals surface area contributed by atoms with Gasteiger partial charge in [0.2, 0.25) is 17.6 Å². The highest BCUT2D eigenvalue weighted by Gasteiger charge is 2.35. The molecule has 9 nitrogen and oxygen atoms in total. The Morgan fingerprint density at radius 3 is 2.93 bits per heavy atom. The monoisotopic (exact) mass is 376 g/mol. The van der Waals surface area contributed by atoms with Gasteiger partial charge in [-0.2, -0.15) is 4.98 Å². The maximum atomic E-state index is 12.5. The quantitative estimate of drug-likeness (QED) is 0.576. The van der Waals surface area contributed by atoms with Gasteiger partial charge in [-0.1, -0.05) is 17.3 Å². The van der Waals surface area contributed by atoms with Gasteiger partial charge in [-0.05, 0) is 24.3 Å². The smallest absolute Gasteiger partial charge is 0.259 e. The number of nitrogens with zero attached hydrogens (tertiary/aromatic N) is 5. The number of rotatable bonds is 4. The molecule has 4 heterocycles. The predicted molar refractivity (Wildman–Crippen MR) is 99.4 cm³/mol. The van der Waals surface area contributed by atoms with Crippen LogP contribution in [0.15, 0.2) is 58.2 Å². The molecule has 0 aliphatic carbocycles. The van der Waals surface area contributed by atoms with E-state index < -0.39 is 0 Å². The molecule has 0 saturated carbocycles. The summed E-state index contributed by atoms with van der Waals surface area (Å²) < 4.78 is 7.15. The number of carbonyl (C=O) groups is 1. The Balaban J connectivity index is 1.25. The molecule has 1 saturated heterocycles. The van der Waals surface area contributed by atoms with Crippen molar-refractivity contribution in [2.75, 3.05) is 13.1 Å². The maximum Gasteiger partial charge on any atom is 0.259 e.